The summed E-state index contributed by atoms with van der Waals surface area (Å²) >= 11 is 6.14. The molecule has 2 aromatic heterocycles. The number of ether oxygens (including phenoxy) is 1. The largest absolute Gasteiger partial charge is 0.462 e. The van der Waals surface area contributed by atoms with E-state index in [9.17, 15) is 9.59 Å². The van der Waals surface area contributed by atoms with Gasteiger partial charge >= 0.3 is 5.97 Å². The van der Waals surface area contributed by atoms with Crippen LogP contribution in [0.1, 0.15) is 28.6 Å². The Bertz CT molecular complexity index is 974. The first-order chi connectivity index (χ1) is 11.5. The van der Waals surface area contributed by atoms with E-state index in [1.54, 1.807) is 19.9 Å². The monoisotopic (exact) mass is 346 g/mol. The van der Waals surface area contributed by atoms with Crippen molar-refractivity contribution >= 4 is 28.7 Å². The number of aromatic nitrogens is 2. The van der Waals surface area contributed by atoms with Crippen molar-refractivity contribution in [3.8, 4) is 0 Å². The maximum absolute atomic E-state index is 12.8. The van der Waals surface area contributed by atoms with E-state index in [0.29, 0.717) is 10.8 Å². The van der Waals surface area contributed by atoms with Crippen molar-refractivity contribution in [3.05, 3.63) is 62.9 Å². The lowest BCUT2D eigenvalue weighted by molar-refractivity contribution is 0.0526. The minimum absolute atomic E-state index is 0.121. The molecule has 0 amide bonds. The predicted molar refractivity (Wildman–Crippen MR) is 89.5 cm³/mol. The second-order valence-corrected chi connectivity index (χ2v) is 5.61. The van der Waals surface area contributed by atoms with Crippen LogP contribution in [0.4, 0.5) is 0 Å². The van der Waals surface area contributed by atoms with Crippen LogP contribution >= 0.6 is 11.6 Å². The lowest BCUT2D eigenvalue weighted by Crippen LogP contribution is -2.22. The summed E-state index contributed by atoms with van der Waals surface area (Å²) in [6.07, 6.45) is 1.38. The quantitative estimate of drug-likeness (QED) is 0.678. The van der Waals surface area contributed by atoms with Crippen molar-refractivity contribution in [1.82, 2.24) is 9.55 Å². The molecule has 0 aliphatic rings. The summed E-state index contributed by atoms with van der Waals surface area (Å²) in [5.74, 6) is -0.285. The third-order valence-corrected chi connectivity index (χ3v) is 4.00. The third-order valence-electron chi connectivity index (χ3n) is 3.63. The number of benzene rings is 1. The van der Waals surface area contributed by atoms with Gasteiger partial charge in [0.15, 0.2) is 0 Å². The zero-order chi connectivity index (χ0) is 17.3. The number of nitrogens with zero attached hydrogens (tertiary/aromatic N) is 2. The second-order valence-electron chi connectivity index (χ2n) is 5.20. The summed E-state index contributed by atoms with van der Waals surface area (Å²) in [5, 5.41) is 0.680. The van der Waals surface area contributed by atoms with Gasteiger partial charge in [0.2, 0.25) is 5.71 Å². The Kier molecular flexibility index (Phi) is 4.40. The Labute approximate surface area is 142 Å². The van der Waals surface area contributed by atoms with Crippen LogP contribution in [0.5, 0.6) is 0 Å². The molecule has 2 heterocycles. The molecule has 0 saturated heterocycles. The summed E-state index contributed by atoms with van der Waals surface area (Å²) in [5.41, 5.74) is 0.647. The molecular weight excluding hydrogens is 332 g/mol. The van der Waals surface area contributed by atoms with Crippen LogP contribution in [0.2, 0.25) is 5.02 Å². The highest BCUT2D eigenvalue weighted by Gasteiger charge is 2.23. The lowest BCUT2D eigenvalue weighted by Gasteiger charge is -2.07. The number of hydrogen-bond donors (Lipinski definition) is 0. The van der Waals surface area contributed by atoms with Gasteiger partial charge in [0.25, 0.3) is 5.56 Å². The van der Waals surface area contributed by atoms with Gasteiger partial charge in [-0.25, -0.2) is 9.78 Å². The summed E-state index contributed by atoms with van der Waals surface area (Å²) in [7, 11) is 0. The Hall–Kier alpha value is -2.60. The van der Waals surface area contributed by atoms with E-state index in [4.69, 9.17) is 20.8 Å². The smallest absolute Gasteiger partial charge is 0.342 e. The van der Waals surface area contributed by atoms with E-state index >= 15 is 0 Å². The third kappa shape index (κ3) is 2.80. The van der Waals surface area contributed by atoms with E-state index in [1.807, 2.05) is 18.2 Å². The van der Waals surface area contributed by atoms with Crippen LogP contribution in [0.25, 0.3) is 11.1 Å². The van der Waals surface area contributed by atoms with Crippen LogP contribution in [-0.4, -0.2) is 22.1 Å². The van der Waals surface area contributed by atoms with Gasteiger partial charge in [-0.2, -0.15) is 0 Å². The molecule has 0 aliphatic carbocycles. The standard InChI is InChI=1S/C17H15ClN2O4/c1-3-23-17(22)13-10(2)24-15-14(13)16(21)20(9-19-15)8-11-6-4-5-7-12(11)18/h4-7,9H,3,8H2,1-2H3. The molecule has 1 aromatic carbocycles. The van der Waals surface area contributed by atoms with Gasteiger partial charge in [-0.15, -0.1) is 0 Å². The number of aryl methyl sites for hydroxylation is 1. The van der Waals surface area contributed by atoms with Crippen molar-refractivity contribution in [2.24, 2.45) is 0 Å². The Morgan fingerprint density at radius 1 is 1.38 bits per heavy atom. The number of furan rings is 1. The molecule has 3 aromatic rings. The molecule has 3 rings (SSSR count). The van der Waals surface area contributed by atoms with Crippen molar-refractivity contribution < 1.29 is 13.9 Å². The number of fused-ring (bicyclic) bond motifs is 1. The molecule has 0 saturated carbocycles. The lowest BCUT2D eigenvalue weighted by atomic mass is 10.2. The molecule has 0 atom stereocenters. The fourth-order valence-corrected chi connectivity index (χ4v) is 2.70. The van der Waals surface area contributed by atoms with Crippen LogP contribution in [-0.2, 0) is 11.3 Å². The number of halogens is 1. The van der Waals surface area contributed by atoms with Crippen LogP contribution in [0.15, 0.2) is 39.8 Å². The zero-order valence-corrected chi connectivity index (χ0v) is 14.0. The Morgan fingerprint density at radius 2 is 2.12 bits per heavy atom. The predicted octanol–water partition coefficient (Wildman–Crippen LogP) is 3.18. The molecule has 0 unspecified atom stereocenters. The van der Waals surface area contributed by atoms with Gasteiger partial charge in [0, 0.05) is 5.02 Å². The molecule has 24 heavy (non-hydrogen) atoms. The highest BCUT2D eigenvalue weighted by Crippen LogP contribution is 2.22. The zero-order valence-electron chi connectivity index (χ0n) is 13.2. The Balaban J connectivity index is 2.14. The topological polar surface area (TPSA) is 74.3 Å². The molecule has 0 aliphatic heterocycles. The minimum Gasteiger partial charge on any atom is -0.462 e. The number of hydrogen-bond acceptors (Lipinski definition) is 5. The molecular formula is C17H15ClN2O4. The van der Waals surface area contributed by atoms with Gasteiger partial charge in [-0.1, -0.05) is 29.8 Å². The molecule has 7 heteroatoms. The van der Waals surface area contributed by atoms with Crippen LogP contribution < -0.4 is 5.56 Å². The fraction of sp³-hybridized carbons (Fsp3) is 0.235. The van der Waals surface area contributed by atoms with Gasteiger partial charge in [-0.3, -0.25) is 9.36 Å². The highest BCUT2D eigenvalue weighted by molar-refractivity contribution is 6.31. The van der Waals surface area contributed by atoms with E-state index in [-0.39, 0.29) is 35.4 Å². The molecule has 0 fully saturated rings. The van der Waals surface area contributed by atoms with E-state index < -0.39 is 5.97 Å². The molecule has 0 bridgehead atoms. The number of rotatable bonds is 4. The molecule has 0 N–H and O–H groups in total. The second kappa shape index (κ2) is 6.49. The number of carbonyl (C=O) groups is 1. The summed E-state index contributed by atoms with van der Waals surface area (Å²) < 4.78 is 11.8. The van der Waals surface area contributed by atoms with Crippen molar-refractivity contribution in [3.63, 3.8) is 0 Å². The highest BCUT2D eigenvalue weighted by atomic mass is 35.5. The normalized spacial score (nSPS) is 11.0. The average Bonchev–Trinajstić information content (AvgIpc) is 2.89. The van der Waals surface area contributed by atoms with Crippen LogP contribution in [0, 0.1) is 6.92 Å². The summed E-state index contributed by atoms with van der Waals surface area (Å²) in [4.78, 5) is 29.1. The molecule has 0 spiro atoms. The van der Waals surface area contributed by atoms with Crippen LogP contribution in [0.3, 0.4) is 0 Å². The number of esters is 1. The maximum atomic E-state index is 12.8. The Morgan fingerprint density at radius 3 is 2.83 bits per heavy atom. The number of carbonyl (C=O) groups excluding carboxylic acids is 1. The first kappa shape index (κ1) is 16.3. The summed E-state index contributed by atoms with van der Waals surface area (Å²) in [6.45, 7) is 3.75. The van der Waals surface area contributed by atoms with Gasteiger partial charge in [-0.05, 0) is 25.5 Å². The minimum atomic E-state index is -0.594. The van der Waals surface area contributed by atoms with Gasteiger partial charge in [0.05, 0.1) is 13.2 Å². The maximum Gasteiger partial charge on any atom is 0.342 e. The summed E-state index contributed by atoms with van der Waals surface area (Å²) in [6, 6.07) is 7.23. The van der Waals surface area contributed by atoms with E-state index in [1.165, 1.54) is 10.9 Å². The molecule has 0 radical (unpaired) electrons. The van der Waals surface area contributed by atoms with E-state index in [0.717, 1.165) is 5.56 Å². The van der Waals surface area contributed by atoms with Crippen molar-refractivity contribution in [2.45, 2.75) is 20.4 Å². The van der Waals surface area contributed by atoms with Gasteiger partial charge in [0.1, 0.15) is 23.0 Å². The van der Waals surface area contributed by atoms with Crippen molar-refractivity contribution in [2.75, 3.05) is 6.61 Å². The fourth-order valence-electron chi connectivity index (χ4n) is 2.51. The average molecular weight is 347 g/mol. The molecule has 124 valence electrons. The first-order valence-corrected chi connectivity index (χ1v) is 7.79. The van der Waals surface area contributed by atoms with Gasteiger partial charge < -0.3 is 9.15 Å². The van der Waals surface area contributed by atoms with E-state index in [2.05, 4.69) is 4.98 Å². The SMILES string of the molecule is CCOC(=O)c1c(C)oc2ncn(Cc3ccccc3Cl)c(=O)c12. The van der Waals surface area contributed by atoms with Crippen molar-refractivity contribution in [1.29, 1.82) is 0 Å². The molecule has 6 nitrogen and oxygen atoms in total. The first-order valence-electron chi connectivity index (χ1n) is 7.42.